The van der Waals surface area contributed by atoms with Crippen LogP contribution in [0.5, 0.6) is 0 Å². The summed E-state index contributed by atoms with van der Waals surface area (Å²) >= 11 is 1.69. The van der Waals surface area contributed by atoms with E-state index in [1.54, 1.807) is 11.3 Å². The van der Waals surface area contributed by atoms with E-state index in [2.05, 4.69) is 14.8 Å². The number of rotatable bonds is 7. The van der Waals surface area contributed by atoms with E-state index in [0.29, 0.717) is 25.7 Å². The minimum absolute atomic E-state index is 0.00371. The topological polar surface area (TPSA) is 81.7 Å². The molecule has 8 heteroatoms. The third-order valence-corrected chi connectivity index (χ3v) is 7.24. The zero-order valence-electron chi connectivity index (χ0n) is 16.2. The molecule has 3 heterocycles. The molecule has 1 saturated heterocycles. The molecule has 1 atom stereocenters. The van der Waals surface area contributed by atoms with E-state index in [1.165, 1.54) is 10.4 Å². The minimum atomic E-state index is -0.403. The fourth-order valence-electron chi connectivity index (χ4n) is 4.51. The third kappa shape index (κ3) is 3.89. The Labute approximate surface area is 168 Å². The van der Waals surface area contributed by atoms with Gasteiger partial charge in [-0.15, -0.1) is 11.3 Å². The standard InChI is InChI=1S/C20H28N4O3S/c25-14(10-23-6-8-27-9-7-23)11-24(13-4-5-13)12-17-21-19(26)18-15-2-1-3-16(15)28-20(18)22-17/h13-14,25H,1-12H2,(H,21,22,26). The van der Waals surface area contributed by atoms with Gasteiger partial charge in [-0.1, -0.05) is 0 Å². The Morgan fingerprint density at radius 2 is 2.14 bits per heavy atom. The van der Waals surface area contributed by atoms with E-state index >= 15 is 0 Å². The Kier molecular flexibility index (Phi) is 5.23. The number of aromatic nitrogens is 2. The zero-order chi connectivity index (χ0) is 19.1. The average molecular weight is 405 g/mol. The highest BCUT2D eigenvalue weighted by molar-refractivity contribution is 7.18. The second-order valence-corrected chi connectivity index (χ2v) is 9.36. The number of fused-ring (bicyclic) bond motifs is 3. The first kappa shape index (κ1) is 18.7. The summed E-state index contributed by atoms with van der Waals surface area (Å²) in [6.45, 7) is 5.14. The normalized spacial score (nSPS) is 21.5. The van der Waals surface area contributed by atoms with Crippen molar-refractivity contribution in [3.8, 4) is 0 Å². The smallest absolute Gasteiger partial charge is 0.259 e. The monoisotopic (exact) mass is 404 g/mol. The molecule has 28 heavy (non-hydrogen) atoms. The fraction of sp³-hybridized carbons (Fsp3) is 0.700. The van der Waals surface area contributed by atoms with Crippen LogP contribution in [0.15, 0.2) is 4.79 Å². The molecule has 0 amide bonds. The number of nitrogens with one attached hydrogen (secondary N) is 1. The number of nitrogens with zero attached hydrogens (tertiary/aromatic N) is 3. The van der Waals surface area contributed by atoms with Crippen molar-refractivity contribution < 1.29 is 9.84 Å². The molecule has 0 bridgehead atoms. The molecule has 2 aromatic heterocycles. The molecular weight excluding hydrogens is 376 g/mol. The summed E-state index contributed by atoms with van der Waals surface area (Å²) in [6, 6.07) is 0.494. The molecule has 152 valence electrons. The van der Waals surface area contributed by atoms with Crippen molar-refractivity contribution in [2.24, 2.45) is 0 Å². The second kappa shape index (κ2) is 7.84. The van der Waals surface area contributed by atoms with Crippen LogP contribution in [-0.2, 0) is 24.1 Å². The molecule has 1 aliphatic heterocycles. The Morgan fingerprint density at radius 1 is 1.32 bits per heavy atom. The number of ether oxygens (including phenoxy) is 1. The second-order valence-electron chi connectivity index (χ2n) is 8.28. The SMILES string of the molecule is O=c1[nH]c(CN(CC(O)CN2CCOCC2)C2CC2)nc2sc3c(c12)CCC3. The van der Waals surface area contributed by atoms with Crippen molar-refractivity contribution in [3.05, 3.63) is 26.6 Å². The van der Waals surface area contributed by atoms with Crippen molar-refractivity contribution in [1.29, 1.82) is 0 Å². The Morgan fingerprint density at radius 3 is 2.93 bits per heavy atom. The van der Waals surface area contributed by atoms with Gasteiger partial charge in [0.2, 0.25) is 0 Å². The number of aryl methyl sites for hydroxylation is 2. The van der Waals surface area contributed by atoms with Gasteiger partial charge in [-0.3, -0.25) is 14.6 Å². The Balaban J connectivity index is 1.29. The van der Waals surface area contributed by atoms with Gasteiger partial charge in [-0.05, 0) is 37.7 Å². The molecule has 1 unspecified atom stereocenters. The molecule has 1 saturated carbocycles. The van der Waals surface area contributed by atoms with Crippen molar-refractivity contribution in [2.75, 3.05) is 39.4 Å². The Hall–Kier alpha value is -1.32. The predicted octanol–water partition coefficient (Wildman–Crippen LogP) is 1.13. The van der Waals surface area contributed by atoms with E-state index in [1.807, 2.05) is 0 Å². The largest absolute Gasteiger partial charge is 0.390 e. The first-order valence-corrected chi connectivity index (χ1v) is 11.2. The van der Waals surface area contributed by atoms with Crippen LogP contribution in [-0.4, -0.2) is 76.4 Å². The van der Waals surface area contributed by atoms with Crippen molar-refractivity contribution in [2.45, 2.75) is 50.8 Å². The number of β-amino-alcohol motifs (C(OH)–C–C–N with tert-alkyl or cyclic N) is 1. The van der Waals surface area contributed by atoms with Gasteiger partial charge in [-0.2, -0.15) is 0 Å². The van der Waals surface area contributed by atoms with Crippen LogP contribution in [0.3, 0.4) is 0 Å². The number of hydrogen-bond donors (Lipinski definition) is 2. The summed E-state index contributed by atoms with van der Waals surface area (Å²) in [6.07, 6.45) is 5.14. The van der Waals surface area contributed by atoms with Crippen molar-refractivity contribution >= 4 is 21.6 Å². The van der Waals surface area contributed by atoms with Crippen molar-refractivity contribution in [1.82, 2.24) is 19.8 Å². The maximum absolute atomic E-state index is 12.7. The molecule has 2 aromatic rings. The van der Waals surface area contributed by atoms with Crippen LogP contribution in [0.25, 0.3) is 10.2 Å². The summed E-state index contributed by atoms with van der Waals surface area (Å²) in [5, 5.41) is 11.4. The number of H-pyrrole nitrogens is 1. The van der Waals surface area contributed by atoms with E-state index in [-0.39, 0.29) is 5.56 Å². The molecule has 7 nitrogen and oxygen atoms in total. The lowest BCUT2D eigenvalue weighted by atomic mass is 10.2. The van der Waals surface area contributed by atoms with Gasteiger partial charge < -0.3 is 14.8 Å². The summed E-state index contributed by atoms with van der Waals surface area (Å²) in [7, 11) is 0. The molecule has 0 aromatic carbocycles. The summed E-state index contributed by atoms with van der Waals surface area (Å²) < 4.78 is 5.38. The van der Waals surface area contributed by atoms with Gasteiger partial charge in [-0.25, -0.2) is 4.98 Å². The zero-order valence-corrected chi connectivity index (χ0v) is 17.0. The van der Waals surface area contributed by atoms with Crippen LogP contribution in [0.2, 0.25) is 0 Å². The number of aliphatic hydroxyl groups excluding tert-OH is 1. The average Bonchev–Trinajstić information content (AvgIpc) is 3.32. The van der Waals surface area contributed by atoms with Crippen LogP contribution in [0, 0.1) is 0 Å². The van der Waals surface area contributed by atoms with Crippen LogP contribution in [0.4, 0.5) is 0 Å². The van der Waals surface area contributed by atoms with E-state index in [9.17, 15) is 9.90 Å². The number of morpholine rings is 1. The van der Waals surface area contributed by atoms with Crippen molar-refractivity contribution in [3.63, 3.8) is 0 Å². The molecule has 5 rings (SSSR count). The van der Waals surface area contributed by atoms with Gasteiger partial charge in [0.05, 0.1) is 31.2 Å². The molecule has 2 aliphatic carbocycles. The highest BCUT2D eigenvalue weighted by Crippen LogP contribution is 2.35. The van der Waals surface area contributed by atoms with Gasteiger partial charge >= 0.3 is 0 Å². The molecule has 0 spiro atoms. The quantitative estimate of drug-likeness (QED) is 0.720. The fourth-order valence-corrected chi connectivity index (χ4v) is 5.79. The minimum Gasteiger partial charge on any atom is -0.390 e. The maximum atomic E-state index is 12.7. The molecule has 0 radical (unpaired) electrons. The maximum Gasteiger partial charge on any atom is 0.259 e. The lowest BCUT2D eigenvalue weighted by Gasteiger charge is -2.31. The highest BCUT2D eigenvalue weighted by Gasteiger charge is 2.31. The highest BCUT2D eigenvalue weighted by atomic mass is 32.1. The van der Waals surface area contributed by atoms with E-state index in [4.69, 9.17) is 9.72 Å². The number of aromatic amines is 1. The van der Waals surface area contributed by atoms with Gasteiger partial charge in [0.1, 0.15) is 10.7 Å². The predicted molar refractivity (Wildman–Crippen MR) is 109 cm³/mol. The first-order valence-electron chi connectivity index (χ1n) is 10.4. The van der Waals surface area contributed by atoms with Crippen LogP contribution >= 0.6 is 11.3 Å². The van der Waals surface area contributed by atoms with E-state index in [0.717, 1.165) is 74.4 Å². The summed E-state index contributed by atoms with van der Waals surface area (Å²) in [5.74, 6) is 0.725. The molecule has 2 N–H and O–H groups in total. The lowest BCUT2D eigenvalue weighted by Crippen LogP contribution is -2.45. The summed E-state index contributed by atoms with van der Waals surface area (Å²) in [5.41, 5.74) is 1.23. The summed E-state index contributed by atoms with van der Waals surface area (Å²) in [4.78, 5) is 27.3. The molecular formula is C20H28N4O3S. The van der Waals surface area contributed by atoms with Crippen LogP contribution in [0.1, 0.15) is 35.5 Å². The molecule has 2 fully saturated rings. The number of hydrogen-bond acceptors (Lipinski definition) is 7. The number of aliphatic hydroxyl groups is 1. The van der Waals surface area contributed by atoms with Crippen LogP contribution < -0.4 is 5.56 Å². The Bertz CT molecular complexity index is 901. The first-order chi connectivity index (χ1) is 13.7. The third-order valence-electron chi connectivity index (χ3n) is 6.06. The number of thiophene rings is 1. The van der Waals surface area contributed by atoms with Gasteiger partial charge in [0.15, 0.2) is 0 Å². The van der Waals surface area contributed by atoms with Gasteiger partial charge in [0, 0.05) is 37.1 Å². The molecule has 3 aliphatic rings. The van der Waals surface area contributed by atoms with E-state index < -0.39 is 6.10 Å². The van der Waals surface area contributed by atoms with Gasteiger partial charge in [0.25, 0.3) is 5.56 Å². The lowest BCUT2D eigenvalue weighted by molar-refractivity contribution is 0.00532.